The van der Waals surface area contributed by atoms with Crippen LogP contribution in [0.25, 0.3) is 0 Å². The Balaban J connectivity index is 1.78. The molecule has 0 aliphatic carbocycles. The van der Waals surface area contributed by atoms with Gasteiger partial charge in [0.05, 0.1) is 11.8 Å². The van der Waals surface area contributed by atoms with Crippen LogP contribution in [-0.4, -0.2) is 16.4 Å². The summed E-state index contributed by atoms with van der Waals surface area (Å²) >= 11 is 0. The number of hydrazone groups is 1. The molecule has 2 aromatic rings. The highest BCUT2D eigenvalue weighted by Crippen LogP contribution is 2.47. The Morgan fingerprint density at radius 2 is 1.87 bits per heavy atom. The second-order valence-corrected chi connectivity index (χ2v) is 6.54. The normalized spacial score (nSPS) is 25.4. The second-order valence-electron chi connectivity index (χ2n) is 6.54. The largest absolute Gasteiger partial charge is 0.466 e. The van der Waals surface area contributed by atoms with Crippen LogP contribution in [0, 0.1) is 0 Å². The highest BCUT2D eigenvalue weighted by Gasteiger charge is 2.46. The highest BCUT2D eigenvalue weighted by atomic mass is 16.5. The lowest BCUT2D eigenvalue weighted by Gasteiger charge is -2.45. The maximum Gasteiger partial charge on any atom is 0.195 e. The van der Waals surface area contributed by atoms with Crippen LogP contribution in [0.5, 0.6) is 5.75 Å². The predicted octanol–water partition coefficient (Wildman–Crippen LogP) is 4.75. The van der Waals surface area contributed by atoms with Gasteiger partial charge in [0.15, 0.2) is 5.72 Å². The molecule has 23 heavy (non-hydrogen) atoms. The quantitative estimate of drug-likeness (QED) is 0.817. The summed E-state index contributed by atoms with van der Waals surface area (Å²) in [6, 6.07) is 19.1. The fraction of sp³-hybridized carbons (Fsp3) is 0.350. The van der Waals surface area contributed by atoms with Gasteiger partial charge in [0.1, 0.15) is 5.75 Å². The fourth-order valence-electron chi connectivity index (χ4n) is 3.76. The summed E-state index contributed by atoms with van der Waals surface area (Å²) in [4.78, 5) is 0. The van der Waals surface area contributed by atoms with Crippen LogP contribution in [0.4, 0.5) is 0 Å². The zero-order valence-electron chi connectivity index (χ0n) is 13.7. The molecular formula is C20H22N2O. The molecule has 2 aromatic carbocycles. The summed E-state index contributed by atoms with van der Waals surface area (Å²) in [5, 5.41) is 7.17. The van der Waals surface area contributed by atoms with E-state index in [1.165, 1.54) is 11.1 Å². The standard InChI is InChI=1S/C20H22N2O/c1-3-13-20(2)22-18(16-11-7-8-12-19(16)23-20)14-17(21-22)15-9-5-4-6-10-15/h4-12,18H,3,13-14H2,1-2H3/t18-,20+/m0/s1. The summed E-state index contributed by atoms with van der Waals surface area (Å²) in [5.74, 6) is 1.01. The van der Waals surface area contributed by atoms with Gasteiger partial charge >= 0.3 is 0 Å². The smallest absolute Gasteiger partial charge is 0.195 e. The summed E-state index contributed by atoms with van der Waals surface area (Å²) in [5.41, 5.74) is 3.23. The molecule has 2 aliphatic heterocycles. The van der Waals surface area contributed by atoms with Crippen LogP contribution in [0.1, 0.15) is 50.3 Å². The molecule has 0 saturated carbocycles. The minimum atomic E-state index is -0.371. The third-order valence-electron chi connectivity index (χ3n) is 4.82. The van der Waals surface area contributed by atoms with E-state index in [-0.39, 0.29) is 11.8 Å². The first-order valence-electron chi connectivity index (χ1n) is 8.41. The van der Waals surface area contributed by atoms with Gasteiger partial charge in [-0.05, 0) is 18.6 Å². The number of nitrogens with zero attached hydrogens (tertiary/aromatic N) is 2. The Bertz CT molecular complexity index is 740. The van der Waals surface area contributed by atoms with Crippen molar-refractivity contribution in [3.05, 3.63) is 65.7 Å². The number of hydrogen-bond donors (Lipinski definition) is 0. The van der Waals surface area contributed by atoms with Crippen molar-refractivity contribution in [3.8, 4) is 5.75 Å². The van der Waals surface area contributed by atoms with E-state index in [2.05, 4.69) is 67.4 Å². The van der Waals surface area contributed by atoms with Gasteiger partial charge in [-0.3, -0.25) is 0 Å². The van der Waals surface area contributed by atoms with Crippen molar-refractivity contribution in [2.75, 3.05) is 0 Å². The Kier molecular flexibility index (Phi) is 3.37. The molecule has 3 nitrogen and oxygen atoms in total. The molecular weight excluding hydrogens is 284 g/mol. The van der Waals surface area contributed by atoms with E-state index in [0.29, 0.717) is 0 Å². The number of fused-ring (bicyclic) bond motifs is 3. The van der Waals surface area contributed by atoms with E-state index in [1.807, 2.05) is 6.07 Å². The molecule has 118 valence electrons. The van der Waals surface area contributed by atoms with Crippen molar-refractivity contribution >= 4 is 5.71 Å². The topological polar surface area (TPSA) is 24.8 Å². The fourth-order valence-corrected chi connectivity index (χ4v) is 3.76. The minimum absolute atomic E-state index is 0.270. The first kappa shape index (κ1) is 14.3. The zero-order valence-corrected chi connectivity index (χ0v) is 13.7. The Morgan fingerprint density at radius 1 is 1.13 bits per heavy atom. The summed E-state index contributed by atoms with van der Waals surface area (Å²) in [7, 11) is 0. The van der Waals surface area contributed by atoms with Gasteiger partial charge in [0.25, 0.3) is 0 Å². The molecule has 0 amide bonds. The maximum atomic E-state index is 6.38. The van der Waals surface area contributed by atoms with E-state index < -0.39 is 0 Å². The molecule has 4 rings (SSSR count). The molecule has 0 unspecified atom stereocenters. The number of para-hydroxylation sites is 1. The molecule has 2 atom stereocenters. The zero-order chi connectivity index (χ0) is 15.9. The Morgan fingerprint density at radius 3 is 2.65 bits per heavy atom. The highest BCUT2D eigenvalue weighted by molar-refractivity contribution is 6.01. The van der Waals surface area contributed by atoms with Crippen LogP contribution in [-0.2, 0) is 0 Å². The van der Waals surface area contributed by atoms with Gasteiger partial charge in [-0.1, -0.05) is 61.9 Å². The van der Waals surface area contributed by atoms with Crippen LogP contribution in [0.15, 0.2) is 59.7 Å². The number of ether oxygens (including phenoxy) is 1. The van der Waals surface area contributed by atoms with Crippen molar-refractivity contribution in [1.29, 1.82) is 0 Å². The molecule has 2 heterocycles. The van der Waals surface area contributed by atoms with E-state index >= 15 is 0 Å². The number of rotatable bonds is 3. The first-order chi connectivity index (χ1) is 11.2. The average molecular weight is 306 g/mol. The lowest BCUT2D eigenvalue weighted by atomic mass is 9.94. The van der Waals surface area contributed by atoms with E-state index in [4.69, 9.17) is 9.84 Å². The molecule has 0 aromatic heterocycles. The third kappa shape index (κ3) is 2.31. The predicted molar refractivity (Wildman–Crippen MR) is 92.6 cm³/mol. The van der Waals surface area contributed by atoms with Gasteiger partial charge < -0.3 is 4.74 Å². The van der Waals surface area contributed by atoms with Crippen LogP contribution in [0.2, 0.25) is 0 Å². The number of hydrogen-bond acceptors (Lipinski definition) is 3. The molecule has 2 aliphatic rings. The van der Waals surface area contributed by atoms with Crippen LogP contribution < -0.4 is 4.74 Å². The first-order valence-corrected chi connectivity index (χ1v) is 8.41. The lowest BCUT2D eigenvalue weighted by Crippen LogP contribution is -2.51. The summed E-state index contributed by atoms with van der Waals surface area (Å²) in [6.45, 7) is 4.36. The Labute approximate surface area is 137 Å². The van der Waals surface area contributed by atoms with Crippen molar-refractivity contribution in [2.24, 2.45) is 5.10 Å². The van der Waals surface area contributed by atoms with Gasteiger partial charge in [0, 0.05) is 18.4 Å². The van der Waals surface area contributed by atoms with E-state index in [9.17, 15) is 0 Å². The van der Waals surface area contributed by atoms with Gasteiger partial charge in [-0.2, -0.15) is 5.10 Å². The summed E-state index contributed by atoms with van der Waals surface area (Å²) in [6.07, 6.45) is 2.96. The van der Waals surface area contributed by atoms with Crippen molar-refractivity contribution in [2.45, 2.75) is 44.9 Å². The molecule has 0 fully saturated rings. The SMILES string of the molecule is CCC[C@@]1(C)Oc2ccccc2[C@@H]2CC(c3ccccc3)=NN21. The van der Waals surface area contributed by atoms with Crippen molar-refractivity contribution < 1.29 is 4.74 Å². The van der Waals surface area contributed by atoms with Crippen LogP contribution in [0.3, 0.4) is 0 Å². The van der Waals surface area contributed by atoms with Crippen molar-refractivity contribution in [1.82, 2.24) is 5.01 Å². The molecule has 0 saturated heterocycles. The third-order valence-corrected chi connectivity index (χ3v) is 4.82. The van der Waals surface area contributed by atoms with E-state index in [1.54, 1.807) is 0 Å². The lowest BCUT2D eigenvalue weighted by molar-refractivity contribution is -0.111. The molecule has 0 radical (unpaired) electrons. The number of benzene rings is 2. The van der Waals surface area contributed by atoms with Crippen LogP contribution >= 0.6 is 0 Å². The molecule has 0 bridgehead atoms. The maximum absolute atomic E-state index is 6.38. The van der Waals surface area contributed by atoms with E-state index in [0.717, 1.165) is 30.7 Å². The van der Waals surface area contributed by atoms with Gasteiger partial charge in [-0.25, -0.2) is 5.01 Å². The monoisotopic (exact) mass is 306 g/mol. The van der Waals surface area contributed by atoms with Gasteiger partial charge in [-0.15, -0.1) is 0 Å². The molecule has 3 heteroatoms. The van der Waals surface area contributed by atoms with Crippen molar-refractivity contribution in [3.63, 3.8) is 0 Å². The Hall–Kier alpha value is -2.29. The summed E-state index contributed by atoms with van der Waals surface area (Å²) < 4.78 is 6.38. The molecule has 0 N–H and O–H groups in total. The molecule has 0 spiro atoms. The second kappa shape index (κ2) is 5.41. The van der Waals surface area contributed by atoms with Gasteiger partial charge in [0.2, 0.25) is 0 Å². The average Bonchev–Trinajstić information content (AvgIpc) is 3.03. The minimum Gasteiger partial charge on any atom is -0.466 e.